The summed E-state index contributed by atoms with van der Waals surface area (Å²) in [4.78, 5) is 0.318. The SMILES string of the molecule is CNC(C)c1cccc(S(=O)(=O)NCC2CCCOC2)c1. The Morgan fingerprint density at radius 1 is 1.43 bits per heavy atom. The Labute approximate surface area is 127 Å². The van der Waals surface area contributed by atoms with Crippen LogP contribution >= 0.6 is 0 Å². The van der Waals surface area contributed by atoms with Crippen molar-refractivity contribution in [2.24, 2.45) is 5.92 Å². The minimum Gasteiger partial charge on any atom is -0.381 e. The van der Waals surface area contributed by atoms with Crippen LogP contribution in [0.2, 0.25) is 0 Å². The van der Waals surface area contributed by atoms with E-state index in [1.165, 1.54) is 0 Å². The highest BCUT2D eigenvalue weighted by Crippen LogP contribution is 2.18. The maximum Gasteiger partial charge on any atom is 0.240 e. The van der Waals surface area contributed by atoms with Gasteiger partial charge in [-0.15, -0.1) is 0 Å². The lowest BCUT2D eigenvalue weighted by Crippen LogP contribution is -2.33. The molecule has 2 N–H and O–H groups in total. The van der Waals surface area contributed by atoms with Gasteiger partial charge in [0.05, 0.1) is 11.5 Å². The van der Waals surface area contributed by atoms with E-state index in [2.05, 4.69) is 10.0 Å². The molecule has 1 aromatic rings. The van der Waals surface area contributed by atoms with Gasteiger partial charge in [0, 0.05) is 19.2 Å². The molecule has 0 radical (unpaired) electrons. The van der Waals surface area contributed by atoms with Crippen molar-refractivity contribution in [3.8, 4) is 0 Å². The summed E-state index contributed by atoms with van der Waals surface area (Å²) >= 11 is 0. The van der Waals surface area contributed by atoms with E-state index in [0.717, 1.165) is 25.0 Å². The minimum atomic E-state index is -3.46. The summed E-state index contributed by atoms with van der Waals surface area (Å²) in [7, 11) is -1.60. The number of hydrogen-bond acceptors (Lipinski definition) is 4. The predicted octanol–water partition coefficient (Wildman–Crippen LogP) is 1.67. The molecule has 2 atom stereocenters. The largest absolute Gasteiger partial charge is 0.381 e. The molecule has 2 unspecified atom stereocenters. The number of sulfonamides is 1. The first-order chi connectivity index (χ1) is 10.0. The summed E-state index contributed by atoms with van der Waals surface area (Å²) < 4.78 is 32.8. The molecule has 1 heterocycles. The van der Waals surface area contributed by atoms with E-state index in [0.29, 0.717) is 18.0 Å². The van der Waals surface area contributed by atoms with E-state index in [9.17, 15) is 8.42 Å². The first-order valence-electron chi connectivity index (χ1n) is 7.37. The summed E-state index contributed by atoms with van der Waals surface area (Å²) in [6.45, 7) is 3.86. The summed E-state index contributed by atoms with van der Waals surface area (Å²) in [6, 6.07) is 7.18. The predicted molar refractivity (Wildman–Crippen MR) is 82.6 cm³/mol. The van der Waals surface area contributed by atoms with Gasteiger partial charge in [0.2, 0.25) is 10.0 Å². The van der Waals surface area contributed by atoms with Crippen LogP contribution in [-0.2, 0) is 14.8 Å². The summed E-state index contributed by atoms with van der Waals surface area (Å²) in [6.07, 6.45) is 2.01. The zero-order valence-electron chi connectivity index (χ0n) is 12.6. The van der Waals surface area contributed by atoms with E-state index in [1.54, 1.807) is 18.2 Å². The van der Waals surface area contributed by atoms with Crippen LogP contribution in [0.4, 0.5) is 0 Å². The third kappa shape index (κ3) is 4.51. The van der Waals surface area contributed by atoms with Gasteiger partial charge in [-0.3, -0.25) is 0 Å². The Hall–Kier alpha value is -0.950. The maximum absolute atomic E-state index is 12.4. The highest BCUT2D eigenvalue weighted by molar-refractivity contribution is 7.89. The quantitative estimate of drug-likeness (QED) is 0.838. The molecule has 6 heteroatoms. The minimum absolute atomic E-state index is 0.117. The van der Waals surface area contributed by atoms with Crippen molar-refractivity contribution in [2.75, 3.05) is 26.8 Å². The lowest BCUT2D eigenvalue weighted by Gasteiger charge is -2.22. The first-order valence-corrected chi connectivity index (χ1v) is 8.86. The van der Waals surface area contributed by atoms with Crippen molar-refractivity contribution in [3.63, 3.8) is 0 Å². The molecule has 118 valence electrons. The molecule has 0 saturated carbocycles. The normalized spacial score (nSPS) is 21.1. The monoisotopic (exact) mass is 312 g/mol. The molecule has 5 nitrogen and oxygen atoms in total. The number of nitrogens with one attached hydrogen (secondary N) is 2. The molecule has 0 spiro atoms. The summed E-state index contributed by atoms with van der Waals surface area (Å²) in [5, 5.41) is 3.11. The molecule has 2 rings (SSSR count). The van der Waals surface area contributed by atoms with Gasteiger partial charge in [0.15, 0.2) is 0 Å². The fourth-order valence-corrected chi connectivity index (χ4v) is 3.57. The zero-order valence-corrected chi connectivity index (χ0v) is 13.4. The van der Waals surface area contributed by atoms with Crippen LogP contribution in [0.1, 0.15) is 31.4 Å². The molecule has 0 bridgehead atoms. The smallest absolute Gasteiger partial charge is 0.240 e. The molecule has 0 aliphatic carbocycles. The average Bonchev–Trinajstić information content (AvgIpc) is 2.53. The Morgan fingerprint density at radius 3 is 2.90 bits per heavy atom. The van der Waals surface area contributed by atoms with Crippen LogP contribution in [0, 0.1) is 5.92 Å². The zero-order chi connectivity index (χ0) is 15.3. The van der Waals surface area contributed by atoms with E-state index in [4.69, 9.17) is 4.74 Å². The van der Waals surface area contributed by atoms with Gasteiger partial charge < -0.3 is 10.1 Å². The van der Waals surface area contributed by atoms with E-state index in [-0.39, 0.29) is 12.0 Å². The van der Waals surface area contributed by atoms with Gasteiger partial charge in [-0.2, -0.15) is 0 Å². The van der Waals surface area contributed by atoms with E-state index < -0.39 is 10.0 Å². The van der Waals surface area contributed by atoms with Crippen molar-refractivity contribution in [2.45, 2.75) is 30.7 Å². The molecular formula is C15H24N2O3S. The number of benzene rings is 1. The first kappa shape index (κ1) is 16.4. The number of ether oxygens (including phenoxy) is 1. The Bertz CT molecular complexity index is 554. The lowest BCUT2D eigenvalue weighted by molar-refractivity contribution is 0.0568. The Morgan fingerprint density at radius 2 is 2.24 bits per heavy atom. The molecule has 1 saturated heterocycles. The molecule has 1 aliphatic heterocycles. The van der Waals surface area contributed by atoms with Gasteiger partial charge in [-0.25, -0.2) is 13.1 Å². The van der Waals surface area contributed by atoms with Gasteiger partial charge in [0.25, 0.3) is 0 Å². The molecule has 21 heavy (non-hydrogen) atoms. The number of hydrogen-bond donors (Lipinski definition) is 2. The lowest BCUT2D eigenvalue weighted by atomic mass is 10.0. The van der Waals surface area contributed by atoms with Gasteiger partial charge in [-0.05, 0) is 50.4 Å². The summed E-state index contributed by atoms with van der Waals surface area (Å²) in [5.74, 6) is 0.271. The second-order valence-corrected chi connectivity index (χ2v) is 7.28. The highest BCUT2D eigenvalue weighted by Gasteiger charge is 2.19. The standard InChI is InChI=1S/C15H24N2O3S/c1-12(16-2)14-6-3-7-15(9-14)21(18,19)17-10-13-5-4-8-20-11-13/h3,6-7,9,12-13,16-17H,4-5,8,10-11H2,1-2H3. The molecule has 1 aliphatic rings. The maximum atomic E-state index is 12.4. The van der Waals surface area contributed by atoms with Crippen molar-refractivity contribution < 1.29 is 13.2 Å². The fraction of sp³-hybridized carbons (Fsp3) is 0.600. The van der Waals surface area contributed by atoms with Crippen LogP contribution < -0.4 is 10.0 Å². The summed E-state index contributed by atoms with van der Waals surface area (Å²) in [5.41, 5.74) is 0.960. The second-order valence-electron chi connectivity index (χ2n) is 5.52. The van der Waals surface area contributed by atoms with Crippen LogP contribution in [0.25, 0.3) is 0 Å². The van der Waals surface area contributed by atoms with Crippen molar-refractivity contribution in [1.29, 1.82) is 0 Å². The van der Waals surface area contributed by atoms with E-state index >= 15 is 0 Å². The van der Waals surface area contributed by atoms with Gasteiger partial charge >= 0.3 is 0 Å². The average molecular weight is 312 g/mol. The van der Waals surface area contributed by atoms with Crippen molar-refractivity contribution >= 4 is 10.0 Å². The van der Waals surface area contributed by atoms with Crippen LogP contribution in [-0.4, -0.2) is 35.2 Å². The molecule has 0 amide bonds. The topological polar surface area (TPSA) is 67.4 Å². The van der Waals surface area contributed by atoms with Crippen LogP contribution in [0.15, 0.2) is 29.2 Å². The third-order valence-corrected chi connectivity index (χ3v) is 5.34. The van der Waals surface area contributed by atoms with Gasteiger partial charge in [-0.1, -0.05) is 12.1 Å². The number of rotatable bonds is 6. The van der Waals surface area contributed by atoms with Crippen molar-refractivity contribution in [1.82, 2.24) is 10.0 Å². The highest BCUT2D eigenvalue weighted by atomic mass is 32.2. The second kappa shape index (κ2) is 7.35. The molecule has 1 aromatic carbocycles. The van der Waals surface area contributed by atoms with Gasteiger partial charge in [0.1, 0.15) is 0 Å². The van der Waals surface area contributed by atoms with E-state index in [1.807, 2.05) is 20.0 Å². The van der Waals surface area contributed by atoms with Crippen molar-refractivity contribution in [3.05, 3.63) is 29.8 Å². The molecule has 1 fully saturated rings. The van der Waals surface area contributed by atoms with Crippen LogP contribution in [0.3, 0.4) is 0 Å². The fourth-order valence-electron chi connectivity index (χ4n) is 2.40. The molecular weight excluding hydrogens is 288 g/mol. The van der Waals surface area contributed by atoms with Crippen LogP contribution in [0.5, 0.6) is 0 Å². The Balaban J connectivity index is 2.04. The third-order valence-electron chi connectivity index (χ3n) is 3.92. The molecule has 0 aromatic heterocycles. The Kier molecular flexibility index (Phi) is 5.75.